The molecule has 6 N–H and O–H groups in total. The molecule has 3 rings (SSSR count). The van der Waals surface area contributed by atoms with Crippen molar-refractivity contribution in [3.63, 3.8) is 0 Å². The Hall–Kier alpha value is -5.52. The van der Waals surface area contributed by atoms with E-state index >= 15 is 0 Å². The van der Waals surface area contributed by atoms with Crippen LogP contribution >= 0.6 is 35.1 Å². The lowest BCUT2D eigenvalue weighted by atomic mass is 10.2. The largest absolute Gasteiger partial charge is 0.383 e. The second-order valence-electron chi connectivity index (χ2n) is 8.43. The van der Waals surface area contributed by atoms with Gasteiger partial charge in [-0.15, -0.1) is 0 Å². The van der Waals surface area contributed by atoms with Crippen molar-refractivity contribution in [3.05, 3.63) is 57.6 Å². The maximum absolute atomic E-state index is 12.4. The summed E-state index contributed by atoms with van der Waals surface area (Å²) in [4.78, 5) is 43.7. The smallest absolute Gasteiger partial charge is 0.234 e. The molecule has 2 aromatic heterocycles. The number of halogens is 1. The number of nitrogens with two attached hydrogens (primary N) is 2. The Kier molecular flexibility index (Phi) is 13.2. The summed E-state index contributed by atoms with van der Waals surface area (Å²) in [5.41, 5.74) is 12.4. The van der Waals surface area contributed by atoms with Gasteiger partial charge in [-0.05, 0) is 30.3 Å². The van der Waals surface area contributed by atoms with Crippen LogP contribution in [0.4, 0.5) is 23.0 Å². The minimum absolute atomic E-state index is 0.0370. The van der Waals surface area contributed by atoms with Crippen molar-refractivity contribution in [2.24, 2.45) is 0 Å². The predicted octanol–water partition coefficient (Wildman–Crippen LogP) is 2.95. The van der Waals surface area contributed by atoms with Crippen LogP contribution in [0.1, 0.15) is 22.3 Å². The molecule has 0 radical (unpaired) electrons. The van der Waals surface area contributed by atoms with Crippen LogP contribution in [0.3, 0.4) is 0 Å². The minimum atomic E-state index is -0.439. The van der Waals surface area contributed by atoms with Crippen LogP contribution in [-0.2, 0) is 14.4 Å². The van der Waals surface area contributed by atoms with Gasteiger partial charge in [0.05, 0.1) is 44.5 Å². The van der Waals surface area contributed by atoms with E-state index in [1.165, 1.54) is 35.2 Å². The summed E-state index contributed by atoms with van der Waals surface area (Å²) >= 11 is 8.22. The Morgan fingerprint density at radius 2 is 1.27 bits per heavy atom. The highest BCUT2D eigenvalue weighted by molar-refractivity contribution is 8.00. The molecule has 0 atom stereocenters. The molecule has 1 aromatic carbocycles. The molecule has 44 heavy (non-hydrogen) atoms. The van der Waals surface area contributed by atoms with Crippen LogP contribution in [-0.4, -0.2) is 58.7 Å². The summed E-state index contributed by atoms with van der Waals surface area (Å²) in [6, 6.07) is 14.6. The zero-order valence-corrected chi connectivity index (χ0v) is 25.5. The molecule has 14 nitrogen and oxygen atoms in total. The van der Waals surface area contributed by atoms with Crippen LogP contribution in [0.2, 0.25) is 5.02 Å². The first-order chi connectivity index (χ1) is 20.9. The first kappa shape index (κ1) is 34.7. The molecule has 3 aromatic rings. The zero-order chi connectivity index (χ0) is 32.8. The molecule has 17 heteroatoms. The molecule has 0 aliphatic carbocycles. The van der Waals surface area contributed by atoms with E-state index in [0.717, 1.165) is 29.9 Å². The highest BCUT2D eigenvalue weighted by Crippen LogP contribution is 2.28. The molecule has 0 spiro atoms. The van der Waals surface area contributed by atoms with Gasteiger partial charge in [-0.2, -0.15) is 21.0 Å². The topological polar surface area (TPSA) is 251 Å². The Bertz CT molecular complexity index is 1760. The number of benzene rings is 1. The number of carbonyl (C=O) groups is 3. The molecule has 0 aliphatic rings. The van der Waals surface area contributed by atoms with E-state index in [1.807, 2.05) is 24.3 Å². The maximum Gasteiger partial charge on any atom is 0.234 e. The monoisotopic (exact) mass is 647 g/mol. The first-order valence-electron chi connectivity index (χ1n) is 11.9. The third kappa shape index (κ3) is 10.1. The van der Waals surface area contributed by atoms with E-state index in [9.17, 15) is 24.9 Å². The summed E-state index contributed by atoms with van der Waals surface area (Å²) in [7, 11) is 3.38. The molecule has 222 valence electrons. The first-order valence-corrected chi connectivity index (χ1v) is 14.3. The van der Waals surface area contributed by atoms with Gasteiger partial charge >= 0.3 is 0 Å². The number of nitriles is 4. The third-order valence-corrected chi connectivity index (χ3v) is 7.23. The van der Waals surface area contributed by atoms with Crippen molar-refractivity contribution in [1.29, 1.82) is 21.0 Å². The van der Waals surface area contributed by atoms with Gasteiger partial charge in [0.25, 0.3) is 0 Å². The number of pyridine rings is 2. The number of thioether (sulfide) groups is 2. The van der Waals surface area contributed by atoms with Gasteiger partial charge < -0.3 is 27.0 Å². The van der Waals surface area contributed by atoms with Gasteiger partial charge in [0, 0.05) is 19.8 Å². The molecule has 0 saturated heterocycles. The fourth-order valence-electron chi connectivity index (χ4n) is 2.92. The third-order valence-electron chi connectivity index (χ3n) is 4.93. The standard InChI is InChI=1S/C24H15ClN10O2S2.C3H7NO/c25-17-5-16(32-19(36)10-38-23-14(8-28)3-12(6-26)21(30)34-23)1-2-18(17)33-20(37)11-39-24-15(9-29)4-13(7-27)22(31)35-24;1-4(2)3-5/h1-5H,10-11H2,(H2,30,34)(H2,31,35)(H,32,36)(H,33,37);3H,1-2H3. The average molecular weight is 648 g/mol. The second-order valence-corrected chi connectivity index (χ2v) is 10.8. The number of nitrogens with zero attached hydrogens (tertiary/aromatic N) is 7. The summed E-state index contributed by atoms with van der Waals surface area (Å²) in [6.07, 6.45) is 0.750. The fraction of sp³-hybridized carbons (Fsp3) is 0.148. The average Bonchev–Trinajstić information content (AvgIpc) is 3.00. The SMILES string of the molecule is CN(C)C=O.N#Cc1cc(C#N)c(SCC(=O)Nc2ccc(NC(=O)CSc3nc(N)c(C#N)cc3C#N)c(Cl)c2)nc1N. The van der Waals surface area contributed by atoms with Crippen molar-refractivity contribution >= 4 is 76.4 Å². The Balaban J connectivity index is 0.00000125. The highest BCUT2D eigenvalue weighted by Gasteiger charge is 2.15. The quantitative estimate of drug-likeness (QED) is 0.193. The van der Waals surface area contributed by atoms with Crippen molar-refractivity contribution in [3.8, 4) is 24.3 Å². The van der Waals surface area contributed by atoms with Crippen LogP contribution in [0.25, 0.3) is 0 Å². The van der Waals surface area contributed by atoms with Crippen LogP contribution in [0.5, 0.6) is 0 Å². The van der Waals surface area contributed by atoms with Crippen molar-refractivity contribution in [2.45, 2.75) is 10.1 Å². The van der Waals surface area contributed by atoms with E-state index in [-0.39, 0.29) is 60.5 Å². The lowest BCUT2D eigenvalue weighted by Gasteiger charge is -2.11. The maximum atomic E-state index is 12.4. The fourth-order valence-corrected chi connectivity index (χ4v) is 4.68. The van der Waals surface area contributed by atoms with E-state index in [0.29, 0.717) is 11.4 Å². The van der Waals surface area contributed by atoms with Crippen molar-refractivity contribution < 1.29 is 14.4 Å². The van der Waals surface area contributed by atoms with Crippen molar-refractivity contribution in [2.75, 3.05) is 47.7 Å². The van der Waals surface area contributed by atoms with E-state index in [2.05, 4.69) is 20.6 Å². The number of carbonyl (C=O) groups excluding carboxylic acids is 3. The van der Waals surface area contributed by atoms with E-state index in [4.69, 9.17) is 33.6 Å². The number of aromatic nitrogens is 2. The van der Waals surface area contributed by atoms with Crippen LogP contribution in [0, 0.1) is 45.3 Å². The number of rotatable bonds is 9. The van der Waals surface area contributed by atoms with E-state index < -0.39 is 11.8 Å². The normalized spacial score (nSPS) is 9.52. The number of hydrogen-bond donors (Lipinski definition) is 4. The summed E-state index contributed by atoms with van der Waals surface area (Å²) in [5.74, 6) is -1.14. The molecule has 2 heterocycles. The number of amides is 3. The van der Waals surface area contributed by atoms with Crippen LogP contribution < -0.4 is 22.1 Å². The molecule has 0 aliphatic heterocycles. The molecule has 0 bridgehead atoms. The Morgan fingerprint density at radius 1 is 0.841 bits per heavy atom. The molecule has 0 saturated carbocycles. The lowest BCUT2D eigenvalue weighted by Crippen LogP contribution is -2.16. The molecular weight excluding hydrogens is 626 g/mol. The Labute approximate surface area is 265 Å². The van der Waals surface area contributed by atoms with Gasteiger partial charge in [0.15, 0.2) is 0 Å². The van der Waals surface area contributed by atoms with Crippen LogP contribution in [0.15, 0.2) is 40.4 Å². The number of nitrogens with one attached hydrogen (secondary N) is 2. The van der Waals surface area contributed by atoms with Gasteiger partial charge in [-0.1, -0.05) is 35.1 Å². The Morgan fingerprint density at radius 3 is 1.66 bits per heavy atom. The number of hydrogen-bond acceptors (Lipinski definition) is 13. The predicted molar refractivity (Wildman–Crippen MR) is 166 cm³/mol. The summed E-state index contributed by atoms with van der Waals surface area (Å²) in [5, 5.41) is 42.4. The molecule has 0 unspecified atom stereocenters. The molecule has 3 amide bonds. The second kappa shape index (κ2) is 16.8. The van der Waals surface area contributed by atoms with Gasteiger partial charge in [-0.3, -0.25) is 14.4 Å². The number of nitrogen functional groups attached to an aromatic ring is 2. The summed E-state index contributed by atoms with van der Waals surface area (Å²) < 4.78 is 0. The van der Waals surface area contributed by atoms with Gasteiger partial charge in [-0.25, -0.2) is 9.97 Å². The zero-order valence-electron chi connectivity index (χ0n) is 23.1. The molecular formula is C27H22ClN11O3S2. The minimum Gasteiger partial charge on any atom is -0.383 e. The van der Waals surface area contributed by atoms with E-state index in [1.54, 1.807) is 14.1 Å². The highest BCUT2D eigenvalue weighted by atomic mass is 35.5. The lowest BCUT2D eigenvalue weighted by molar-refractivity contribution is -0.116. The van der Waals surface area contributed by atoms with Gasteiger partial charge in [0.2, 0.25) is 18.2 Å². The molecule has 0 fully saturated rings. The number of anilines is 4. The van der Waals surface area contributed by atoms with Gasteiger partial charge in [0.1, 0.15) is 46.0 Å². The summed E-state index contributed by atoms with van der Waals surface area (Å²) in [6.45, 7) is 0. The van der Waals surface area contributed by atoms with Crippen molar-refractivity contribution in [1.82, 2.24) is 14.9 Å².